The van der Waals surface area contributed by atoms with Crippen LogP contribution in [-0.2, 0) is 39.1 Å². The molecule has 0 unspecified atom stereocenters. The molecule has 4 N–H and O–H groups in total. The summed E-state index contributed by atoms with van der Waals surface area (Å²) in [5, 5.41) is 11.3. The Labute approximate surface area is 394 Å². The Balaban J connectivity index is 0.000000319. The van der Waals surface area contributed by atoms with E-state index in [2.05, 4.69) is 21.3 Å². The van der Waals surface area contributed by atoms with Crippen molar-refractivity contribution in [2.45, 2.75) is 23.6 Å². The zero-order chi connectivity index (χ0) is 49.4. The molecule has 16 nitrogen and oxygen atoms in total. The van der Waals surface area contributed by atoms with E-state index in [1.807, 2.05) is 61.6 Å². The van der Waals surface area contributed by atoms with Crippen LogP contribution in [0.3, 0.4) is 0 Å². The van der Waals surface area contributed by atoms with Crippen LogP contribution in [0.2, 0.25) is 0 Å². The van der Waals surface area contributed by atoms with E-state index >= 15 is 0 Å². The molecule has 4 amide bonds. The fourth-order valence-electron chi connectivity index (χ4n) is 5.85. The fraction of sp³-hybridized carbons (Fsp3) is 0.0800. The largest absolute Gasteiger partial charge is 0.744 e. The van der Waals surface area contributed by atoms with E-state index in [1.54, 1.807) is 128 Å². The maximum absolute atomic E-state index is 12.8. The monoisotopic (exact) mass is 954 g/mol. The van der Waals surface area contributed by atoms with E-state index in [0.717, 1.165) is 16.7 Å². The first kappa shape index (κ1) is 50.8. The Morgan fingerprint density at radius 1 is 0.456 bits per heavy atom. The Bertz CT molecular complexity index is 3070. The number of pyridine rings is 2. The minimum atomic E-state index is -4.27. The number of aromatic nitrogens is 2. The second-order valence-electron chi connectivity index (χ2n) is 15.0. The lowest BCUT2D eigenvalue weighted by Crippen LogP contribution is -2.27. The van der Waals surface area contributed by atoms with Crippen molar-refractivity contribution in [1.82, 2.24) is 0 Å². The number of rotatable bonds is 11. The van der Waals surface area contributed by atoms with Gasteiger partial charge in [0.2, 0.25) is 5.91 Å². The van der Waals surface area contributed by atoms with Crippen molar-refractivity contribution in [3.8, 4) is 0 Å². The van der Waals surface area contributed by atoms with Crippen molar-refractivity contribution in [3.63, 3.8) is 0 Å². The first-order valence-corrected chi connectivity index (χ1v) is 23.2. The van der Waals surface area contributed by atoms with Crippen molar-refractivity contribution < 1.29 is 54.3 Å². The molecule has 5 aromatic carbocycles. The summed E-state index contributed by atoms with van der Waals surface area (Å²) in [6.45, 7) is 3.64. The maximum atomic E-state index is 12.8. The van der Waals surface area contributed by atoms with Gasteiger partial charge in [-0.15, -0.1) is 0 Å². The second-order valence-corrected chi connectivity index (χ2v) is 17.8. The zero-order valence-corrected chi connectivity index (χ0v) is 38.7. The predicted octanol–water partition coefficient (Wildman–Crippen LogP) is 6.54. The van der Waals surface area contributed by atoms with E-state index in [1.165, 1.54) is 30.3 Å². The topological polar surface area (TPSA) is 239 Å². The molecule has 18 heteroatoms. The number of amides is 4. The Kier molecular flexibility index (Phi) is 17.4. The molecule has 0 saturated carbocycles. The number of hydrogen-bond acceptors (Lipinski definition) is 10. The zero-order valence-electron chi connectivity index (χ0n) is 37.1. The summed E-state index contributed by atoms with van der Waals surface area (Å²) in [4.78, 5) is 49.9. The van der Waals surface area contributed by atoms with Crippen molar-refractivity contribution in [2.75, 3.05) is 21.3 Å². The van der Waals surface area contributed by atoms with Gasteiger partial charge < -0.3 is 30.4 Å². The number of nitrogens with zero attached hydrogens (tertiary/aromatic N) is 2. The van der Waals surface area contributed by atoms with Crippen molar-refractivity contribution in [1.29, 1.82) is 0 Å². The van der Waals surface area contributed by atoms with Gasteiger partial charge in [-0.2, -0.15) is 0 Å². The summed E-state index contributed by atoms with van der Waals surface area (Å²) in [5.41, 5.74) is 6.39. The van der Waals surface area contributed by atoms with E-state index < -0.39 is 20.2 Å². The van der Waals surface area contributed by atoms with Crippen LogP contribution in [0.5, 0.6) is 0 Å². The third-order valence-corrected chi connectivity index (χ3v) is 11.1. The lowest BCUT2D eigenvalue weighted by Gasteiger charge is -2.08. The SMILES string of the molecule is C[n+]1cccc(NC(=O)c2ccc(NC(=O)/C=C/c3ccc(C(=O)Nc4ccc(C(=O)Nc5ccc[n+](C)c5)cc4)cc3)cc2)c1.Cc1ccc(S(=O)(=O)[O-])cc1.Cc1ccc(S(=O)(=O)[O-])cc1. The van der Waals surface area contributed by atoms with Crippen LogP contribution in [0.1, 0.15) is 47.8 Å². The molecule has 0 radical (unpaired) electrons. The summed E-state index contributed by atoms with van der Waals surface area (Å²) in [6, 6.07) is 38.9. The molecule has 0 aliphatic carbocycles. The smallest absolute Gasteiger partial charge is 0.255 e. The van der Waals surface area contributed by atoms with Crippen LogP contribution in [0.25, 0.3) is 6.08 Å². The number of hydrogen-bond donors (Lipinski definition) is 4. The molecule has 0 aliphatic rings. The highest BCUT2D eigenvalue weighted by atomic mass is 32.2. The summed E-state index contributed by atoms with van der Waals surface area (Å²) < 4.78 is 66.0. The van der Waals surface area contributed by atoms with Gasteiger partial charge in [-0.3, -0.25) is 19.2 Å². The first-order chi connectivity index (χ1) is 32.2. The van der Waals surface area contributed by atoms with Crippen molar-refractivity contribution >= 4 is 72.7 Å². The minimum Gasteiger partial charge on any atom is -0.744 e. The molecule has 0 saturated heterocycles. The molecule has 7 aromatic rings. The van der Waals surface area contributed by atoms with Crippen LogP contribution in [0, 0.1) is 13.8 Å². The minimum absolute atomic E-state index is 0.178. The average Bonchev–Trinajstić information content (AvgIpc) is 3.29. The van der Waals surface area contributed by atoms with Crippen LogP contribution in [-0.4, -0.2) is 49.6 Å². The summed E-state index contributed by atoms with van der Waals surface area (Å²) in [6.07, 6.45) is 10.4. The third kappa shape index (κ3) is 16.4. The van der Waals surface area contributed by atoms with E-state index in [-0.39, 0.29) is 33.4 Å². The van der Waals surface area contributed by atoms with Crippen LogP contribution in [0.4, 0.5) is 22.7 Å². The molecule has 0 spiro atoms. The fourth-order valence-corrected chi connectivity index (χ4v) is 6.79. The van der Waals surface area contributed by atoms with Crippen LogP contribution >= 0.6 is 0 Å². The van der Waals surface area contributed by atoms with Gasteiger partial charge in [0.1, 0.15) is 45.7 Å². The van der Waals surface area contributed by atoms with Gasteiger partial charge in [0.05, 0.1) is 9.79 Å². The van der Waals surface area contributed by atoms with Gasteiger partial charge >= 0.3 is 0 Å². The Hall–Kier alpha value is -8.16. The normalized spacial score (nSPS) is 10.9. The van der Waals surface area contributed by atoms with E-state index in [9.17, 15) is 45.1 Å². The number of nitrogens with one attached hydrogen (secondary N) is 4. The molecule has 348 valence electrons. The van der Waals surface area contributed by atoms with Gasteiger partial charge in [-0.1, -0.05) is 47.5 Å². The molecule has 0 atom stereocenters. The molecular formula is C50H46N6O10S2. The van der Waals surface area contributed by atoms with Gasteiger partial charge in [0.25, 0.3) is 17.7 Å². The van der Waals surface area contributed by atoms with Gasteiger partial charge in [-0.25, -0.2) is 26.0 Å². The number of benzene rings is 5. The maximum Gasteiger partial charge on any atom is 0.255 e. The summed E-state index contributed by atoms with van der Waals surface area (Å²) in [7, 11) is -4.80. The predicted molar refractivity (Wildman–Crippen MR) is 254 cm³/mol. The quantitative estimate of drug-likeness (QED) is 0.0620. The highest BCUT2D eigenvalue weighted by Crippen LogP contribution is 2.16. The lowest BCUT2D eigenvalue weighted by atomic mass is 10.1. The third-order valence-electron chi connectivity index (χ3n) is 9.43. The molecule has 68 heavy (non-hydrogen) atoms. The second kappa shape index (κ2) is 23.3. The van der Waals surface area contributed by atoms with Crippen molar-refractivity contribution in [2.24, 2.45) is 14.1 Å². The molecule has 0 bridgehead atoms. The first-order valence-electron chi connectivity index (χ1n) is 20.4. The van der Waals surface area contributed by atoms with Gasteiger partial charge in [0.15, 0.2) is 24.8 Å². The summed E-state index contributed by atoms with van der Waals surface area (Å²) >= 11 is 0. The molecule has 2 aromatic heterocycles. The highest BCUT2D eigenvalue weighted by Gasteiger charge is 2.11. The van der Waals surface area contributed by atoms with E-state index in [0.29, 0.717) is 39.4 Å². The highest BCUT2D eigenvalue weighted by molar-refractivity contribution is 7.86. The van der Waals surface area contributed by atoms with Gasteiger partial charge in [-0.05, 0) is 123 Å². The van der Waals surface area contributed by atoms with Gasteiger partial charge in [0, 0.05) is 46.3 Å². The number of carbonyl (C=O) groups is 4. The summed E-state index contributed by atoms with van der Waals surface area (Å²) in [5.74, 6) is -1.16. The molecule has 0 aliphatic heterocycles. The van der Waals surface area contributed by atoms with E-state index in [4.69, 9.17) is 0 Å². The van der Waals surface area contributed by atoms with Crippen LogP contribution in [0.15, 0.2) is 186 Å². The molecular weight excluding hydrogens is 909 g/mol. The number of anilines is 4. The average molecular weight is 955 g/mol. The molecule has 0 fully saturated rings. The molecule has 2 heterocycles. The number of carbonyl (C=O) groups excluding carboxylic acids is 4. The van der Waals surface area contributed by atoms with Crippen LogP contribution < -0.4 is 30.4 Å². The number of aryl methyl sites for hydroxylation is 4. The Morgan fingerprint density at radius 2 is 0.794 bits per heavy atom. The Morgan fingerprint density at radius 3 is 1.15 bits per heavy atom. The standard InChI is InChI=1S/C36H30N6O4.2C7H8O3S/c1-41-21-3-5-31(23-41)39-35(45)27-12-16-29(17-13-27)37-33(43)20-9-25-7-10-26(11-8-25)34(44)38-30-18-14-28(15-19-30)36(46)40-32-6-4-22-42(2)24-32;2*1-6-2-4-7(5-3-6)11(8,9)10/h3-24H,1-2H3,(H2-2,37,38,39,40,43,44,45,46);2*2-5H,1H3,(H,8,9,10)/b20-9+;;. The lowest BCUT2D eigenvalue weighted by molar-refractivity contribution is -0.670. The molecule has 7 rings (SSSR count). The van der Waals surface area contributed by atoms with Crippen molar-refractivity contribution in [3.05, 3.63) is 210 Å².